The molecule has 0 aliphatic heterocycles. The van der Waals surface area contributed by atoms with Gasteiger partial charge >= 0.3 is 5.97 Å². The van der Waals surface area contributed by atoms with Crippen LogP contribution in [-0.2, 0) is 11.3 Å². The van der Waals surface area contributed by atoms with Gasteiger partial charge in [-0.05, 0) is 30.5 Å². The number of carboxylic acids is 1. The van der Waals surface area contributed by atoms with Crippen LogP contribution in [0.1, 0.15) is 36.7 Å². The number of hydrogen-bond acceptors (Lipinski definition) is 5. The monoisotopic (exact) mass is 437 g/mol. The van der Waals surface area contributed by atoms with Crippen molar-refractivity contribution < 1.29 is 14.7 Å². The minimum atomic E-state index is -1.03. The molecule has 2 aromatic carbocycles. The molecule has 3 rings (SSSR count). The van der Waals surface area contributed by atoms with Crippen molar-refractivity contribution in [3.63, 3.8) is 0 Å². The summed E-state index contributed by atoms with van der Waals surface area (Å²) in [5.74, 6) is -1.61. The Bertz CT molecular complexity index is 1020. The number of nitrogens with one attached hydrogen (secondary N) is 1. The van der Waals surface area contributed by atoms with Gasteiger partial charge < -0.3 is 15.3 Å². The highest BCUT2D eigenvalue weighted by Gasteiger charge is 2.24. The van der Waals surface area contributed by atoms with E-state index in [0.717, 1.165) is 28.5 Å². The molecule has 1 heterocycles. The molecule has 1 aromatic heterocycles. The number of carboxylic acid groups (broad SMARTS) is 1. The van der Waals surface area contributed by atoms with E-state index in [-0.39, 0.29) is 11.8 Å². The van der Waals surface area contributed by atoms with E-state index >= 15 is 0 Å². The molecule has 162 valence electrons. The van der Waals surface area contributed by atoms with Gasteiger partial charge in [0.15, 0.2) is 5.13 Å². The van der Waals surface area contributed by atoms with Gasteiger partial charge in [-0.25, -0.2) is 9.78 Å². The van der Waals surface area contributed by atoms with Crippen LogP contribution < -0.4 is 10.2 Å². The molecule has 0 saturated heterocycles. The van der Waals surface area contributed by atoms with Gasteiger partial charge in [0, 0.05) is 29.6 Å². The minimum absolute atomic E-state index is 0.196. The predicted octanol–water partition coefficient (Wildman–Crippen LogP) is 4.68. The van der Waals surface area contributed by atoms with Crippen LogP contribution >= 0.6 is 11.3 Å². The minimum Gasteiger partial charge on any atom is -0.480 e. The topological polar surface area (TPSA) is 82.5 Å². The Morgan fingerprint density at radius 3 is 2.35 bits per heavy atom. The summed E-state index contributed by atoms with van der Waals surface area (Å²) in [7, 11) is 0. The average Bonchev–Trinajstić information content (AvgIpc) is 3.26. The zero-order chi connectivity index (χ0) is 22.4. The first-order chi connectivity index (χ1) is 14.9. The number of benzene rings is 2. The molecule has 7 heteroatoms. The van der Waals surface area contributed by atoms with Crippen LogP contribution in [0.3, 0.4) is 0 Å². The highest BCUT2D eigenvalue weighted by atomic mass is 32.1. The van der Waals surface area contributed by atoms with Gasteiger partial charge in [-0.1, -0.05) is 56.3 Å². The fourth-order valence-corrected chi connectivity index (χ4v) is 4.09. The van der Waals surface area contributed by atoms with Crippen LogP contribution in [-0.4, -0.2) is 34.6 Å². The number of anilines is 1. The maximum atomic E-state index is 12.4. The van der Waals surface area contributed by atoms with Crippen molar-refractivity contribution in [1.82, 2.24) is 10.3 Å². The molecular formula is C24H27N3O3S. The molecule has 0 fully saturated rings. The summed E-state index contributed by atoms with van der Waals surface area (Å²) in [6, 6.07) is 16.4. The Morgan fingerprint density at radius 1 is 1.10 bits per heavy atom. The summed E-state index contributed by atoms with van der Waals surface area (Å²) in [4.78, 5) is 30.7. The third-order valence-corrected chi connectivity index (χ3v) is 5.92. The highest BCUT2D eigenvalue weighted by Crippen LogP contribution is 2.28. The number of thiazole rings is 1. The normalized spacial score (nSPS) is 11.9. The second-order valence-corrected chi connectivity index (χ2v) is 8.46. The SMILES string of the molecule is CCN(Cc1ccc(C(=O)NC(C(=O)O)C(C)C)cc1)c1nc(-c2ccccc2)cs1. The summed E-state index contributed by atoms with van der Waals surface area (Å²) in [5, 5.41) is 14.9. The van der Waals surface area contributed by atoms with E-state index in [4.69, 9.17) is 4.98 Å². The molecule has 31 heavy (non-hydrogen) atoms. The maximum absolute atomic E-state index is 12.4. The van der Waals surface area contributed by atoms with Crippen LogP contribution in [0.2, 0.25) is 0 Å². The fourth-order valence-electron chi connectivity index (χ4n) is 3.19. The molecule has 0 spiro atoms. The van der Waals surface area contributed by atoms with E-state index in [1.807, 2.05) is 42.5 Å². The second kappa shape index (κ2) is 10.2. The van der Waals surface area contributed by atoms with E-state index < -0.39 is 12.0 Å². The Morgan fingerprint density at radius 2 is 1.77 bits per heavy atom. The number of aromatic nitrogens is 1. The summed E-state index contributed by atoms with van der Waals surface area (Å²) in [5.41, 5.74) is 3.55. The van der Waals surface area contributed by atoms with Crippen LogP contribution in [0.5, 0.6) is 0 Å². The van der Waals surface area contributed by atoms with Gasteiger partial charge in [0.1, 0.15) is 6.04 Å². The Kier molecular flexibility index (Phi) is 7.41. The highest BCUT2D eigenvalue weighted by molar-refractivity contribution is 7.14. The number of carbonyl (C=O) groups excluding carboxylic acids is 1. The van der Waals surface area contributed by atoms with Crippen molar-refractivity contribution in [3.8, 4) is 11.3 Å². The first-order valence-electron chi connectivity index (χ1n) is 10.3. The van der Waals surface area contributed by atoms with Gasteiger partial charge in [0.25, 0.3) is 5.91 Å². The molecule has 6 nitrogen and oxygen atoms in total. The molecule has 2 N–H and O–H groups in total. The van der Waals surface area contributed by atoms with E-state index in [9.17, 15) is 14.7 Å². The third-order valence-electron chi connectivity index (χ3n) is 5.02. The fraction of sp³-hybridized carbons (Fsp3) is 0.292. The van der Waals surface area contributed by atoms with Crippen molar-refractivity contribution in [2.24, 2.45) is 5.92 Å². The number of carbonyl (C=O) groups is 2. The lowest BCUT2D eigenvalue weighted by molar-refractivity contribution is -0.140. The van der Waals surface area contributed by atoms with Gasteiger partial charge in [-0.3, -0.25) is 4.79 Å². The third kappa shape index (κ3) is 5.70. The van der Waals surface area contributed by atoms with Crippen molar-refractivity contribution in [3.05, 3.63) is 71.1 Å². The van der Waals surface area contributed by atoms with Gasteiger partial charge in [-0.2, -0.15) is 0 Å². The van der Waals surface area contributed by atoms with Gasteiger partial charge in [0.2, 0.25) is 0 Å². The van der Waals surface area contributed by atoms with Crippen molar-refractivity contribution >= 4 is 28.3 Å². The molecule has 1 atom stereocenters. The van der Waals surface area contributed by atoms with Crippen molar-refractivity contribution in [1.29, 1.82) is 0 Å². The first-order valence-corrected chi connectivity index (χ1v) is 11.2. The maximum Gasteiger partial charge on any atom is 0.326 e. The Balaban J connectivity index is 1.67. The smallest absolute Gasteiger partial charge is 0.326 e. The largest absolute Gasteiger partial charge is 0.480 e. The molecular weight excluding hydrogens is 410 g/mol. The molecule has 0 aliphatic carbocycles. The number of aliphatic carboxylic acids is 1. The molecule has 0 aliphatic rings. The first kappa shape index (κ1) is 22.5. The lowest BCUT2D eigenvalue weighted by Gasteiger charge is -2.20. The van der Waals surface area contributed by atoms with E-state index in [0.29, 0.717) is 12.1 Å². The van der Waals surface area contributed by atoms with Gasteiger partial charge in [-0.15, -0.1) is 11.3 Å². The van der Waals surface area contributed by atoms with Crippen LogP contribution in [0.15, 0.2) is 60.0 Å². The number of rotatable bonds is 9. The number of amides is 1. The van der Waals surface area contributed by atoms with Crippen LogP contribution in [0, 0.1) is 5.92 Å². The van der Waals surface area contributed by atoms with Crippen LogP contribution in [0.4, 0.5) is 5.13 Å². The summed E-state index contributed by atoms with van der Waals surface area (Å²) in [6.45, 7) is 7.10. The van der Waals surface area contributed by atoms with Crippen LogP contribution in [0.25, 0.3) is 11.3 Å². The second-order valence-electron chi connectivity index (χ2n) is 7.63. The van der Waals surface area contributed by atoms with Crippen molar-refractivity contribution in [2.45, 2.75) is 33.4 Å². The zero-order valence-electron chi connectivity index (χ0n) is 17.9. The zero-order valence-corrected chi connectivity index (χ0v) is 18.7. The molecule has 1 amide bonds. The van der Waals surface area contributed by atoms with E-state index in [1.165, 1.54) is 0 Å². The standard InChI is InChI=1S/C24H27N3O3S/c1-4-27(24-25-20(15-31-24)18-8-6-5-7-9-18)14-17-10-12-19(13-11-17)22(28)26-21(16(2)3)23(29)30/h5-13,15-16,21H,4,14H2,1-3H3,(H,26,28)(H,29,30). The summed E-state index contributed by atoms with van der Waals surface area (Å²) >= 11 is 1.61. The van der Waals surface area contributed by atoms with Gasteiger partial charge in [0.05, 0.1) is 5.69 Å². The predicted molar refractivity (Wildman–Crippen MR) is 124 cm³/mol. The Labute approximate surface area is 186 Å². The Hall–Kier alpha value is -3.19. The number of nitrogens with zero attached hydrogens (tertiary/aromatic N) is 2. The van der Waals surface area contributed by atoms with E-state index in [1.54, 1.807) is 37.3 Å². The van der Waals surface area contributed by atoms with Crippen molar-refractivity contribution in [2.75, 3.05) is 11.4 Å². The molecule has 3 aromatic rings. The molecule has 1 unspecified atom stereocenters. The van der Waals surface area contributed by atoms with E-state index in [2.05, 4.69) is 22.5 Å². The summed E-state index contributed by atoms with van der Waals surface area (Å²) < 4.78 is 0. The molecule has 0 saturated carbocycles. The molecule has 0 radical (unpaired) electrons. The average molecular weight is 438 g/mol. The quantitative estimate of drug-likeness (QED) is 0.508. The summed E-state index contributed by atoms with van der Waals surface area (Å²) in [6.07, 6.45) is 0. The molecule has 0 bridgehead atoms. The number of hydrogen-bond donors (Lipinski definition) is 2. The lowest BCUT2D eigenvalue weighted by Crippen LogP contribution is -2.44. The lowest BCUT2D eigenvalue weighted by atomic mass is 10.0.